The van der Waals surface area contributed by atoms with Crippen molar-refractivity contribution in [3.8, 4) is 5.75 Å². The fraction of sp³-hybridized carbons (Fsp3) is 0.200. The van der Waals surface area contributed by atoms with E-state index in [9.17, 15) is 12.6 Å². The summed E-state index contributed by atoms with van der Waals surface area (Å²) in [6, 6.07) is 12.6. The zero-order valence-corrected chi connectivity index (χ0v) is 14.1. The Bertz CT molecular complexity index is 876. The molecule has 0 spiro atoms. The highest BCUT2D eigenvalue weighted by Crippen LogP contribution is 2.21. The Morgan fingerprint density at radius 2 is 1.36 bits per heavy atom. The molecule has 5 nitrogen and oxygen atoms in total. The molecule has 2 aromatic rings. The quantitative estimate of drug-likeness (QED) is 0.858. The molecule has 118 valence electrons. The highest BCUT2D eigenvalue weighted by molar-refractivity contribution is 8.03. The van der Waals surface area contributed by atoms with E-state index in [1.807, 2.05) is 6.92 Å². The van der Waals surface area contributed by atoms with Gasteiger partial charge in [-0.15, -0.1) is 3.77 Å². The van der Waals surface area contributed by atoms with Crippen LogP contribution >= 0.6 is 0 Å². The predicted octanol–water partition coefficient (Wildman–Crippen LogP) is 2.85. The van der Waals surface area contributed by atoms with Crippen LogP contribution in [0.2, 0.25) is 0 Å². The molecule has 0 aliphatic heterocycles. The summed E-state index contributed by atoms with van der Waals surface area (Å²) in [4.78, 5) is 0.366. The molecule has 0 aromatic heterocycles. The molecule has 2 rings (SSSR count). The van der Waals surface area contributed by atoms with Gasteiger partial charge in [-0.3, -0.25) is 0 Å². The van der Waals surface area contributed by atoms with Crippen LogP contribution < -0.4 is 4.74 Å². The molecular formula is C15H17NO4S2. The predicted molar refractivity (Wildman–Crippen MR) is 86.1 cm³/mol. The minimum atomic E-state index is -4.01. The normalized spacial score (nSPS) is 14.1. The second kappa shape index (κ2) is 6.10. The number of aryl methyl sites for hydroxylation is 1. The molecule has 0 aliphatic rings. The number of rotatable bonds is 4. The highest BCUT2D eigenvalue weighted by Gasteiger charge is 2.17. The monoisotopic (exact) mass is 339 g/mol. The minimum Gasteiger partial charge on any atom is -0.497 e. The summed E-state index contributed by atoms with van der Waals surface area (Å²) in [5.41, 5.74) is 0.997. The summed E-state index contributed by atoms with van der Waals surface area (Å²) in [6.07, 6.45) is 1.32. The van der Waals surface area contributed by atoms with Gasteiger partial charge >= 0.3 is 0 Å². The molecule has 1 unspecified atom stereocenters. The van der Waals surface area contributed by atoms with Gasteiger partial charge in [-0.05, 0) is 43.3 Å². The van der Waals surface area contributed by atoms with E-state index in [1.54, 1.807) is 24.3 Å². The Hall–Kier alpha value is -1.86. The average Bonchev–Trinajstić information content (AvgIpc) is 2.46. The Morgan fingerprint density at radius 3 is 1.86 bits per heavy atom. The lowest BCUT2D eigenvalue weighted by Gasteiger charge is -2.06. The van der Waals surface area contributed by atoms with E-state index in [1.165, 1.54) is 37.6 Å². The van der Waals surface area contributed by atoms with E-state index in [4.69, 9.17) is 4.74 Å². The Balaban J connectivity index is 2.48. The second-order valence-electron chi connectivity index (χ2n) is 4.84. The van der Waals surface area contributed by atoms with Gasteiger partial charge in [-0.2, -0.15) is 8.42 Å². The van der Waals surface area contributed by atoms with Gasteiger partial charge in [0.15, 0.2) is 0 Å². The fourth-order valence-electron chi connectivity index (χ4n) is 1.81. The Morgan fingerprint density at radius 1 is 0.864 bits per heavy atom. The highest BCUT2D eigenvalue weighted by atomic mass is 32.3. The van der Waals surface area contributed by atoms with Crippen LogP contribution in [0, 0.1) is 6.92 Å². The summed E-state index contributed by atoms with van der Waals surface area (Å²) < 4.78 is 45.8. The van der Waals surface area contributed by atoms with Crippen LogP contribution in [-0.4, -0.2) is 26.0 Å². The molecule has 0 bridgehead atoms. The largest absolute Gasteiger partial charge is 0.497 e. The van der Waals surface area contributed by atoms with Crippen LogP contribution in [0.4, 0.5) is 0 Å². The summed E-state index contributed by atoms with van der Waals surface area (Å²) in [6.45, 7) is 1.90. The lowest BCUT2D eigenvalue weighted by Crippen LogP contribution is -2.05. The summed E-state index contributed by atoms with van der Waals surface area (Å²) in [5.74, 6) is 0.537. The van der Waals surface area contributed by atoms with Gasteiger partial charge in [0.25, 0.3) is 10.0 Å². The zero-order valence-electron chi connectivity index (χ0n) is 12.5. The number of nitrogens with zero attached hydrogens (tertiary/aromatic N) is 1. The third-order valence-electron chi connectivity index (χ3n) is 3.06. The maximum atomic E-state index is 12.6. The molecule has 0 radical (unpaired) electrons. The van der Waals surface area contributed by atoms with Crippen LogP contribution in [0.15, 0.2) is 62.1 Å². The molecule has 1 atom stereocenters. The van der Waals surface area contributed by atoms with E-state index < -0.39 is 19.8 Å². The fourth-order valence-corrected chi connectivity index (χ4v) is 5.12. The molecule has 0 aliphatic carbocycles. The number of hydrogen-bond donors (Lipinski definition) is 0. The molecule has 2 aromatic carbocycles. The zero-order chi connectivity index (χ0) is 16.4. The van der Waals surface area contributed by atoms with Gasteiger partial charge in [0.1, 0.15) is 5.75 Å². The van der Waals surface area contributed by atoms with Crippen LogP contribution in [0.1, 0.15) is 5.56 Å². The first-order valence-electron chi connectivity index (χ1n) is 6.44. The van der Waals surface area contributed by atoms with Crippen molar-refractivity contribution < 1.29 is 17.4 Å². The summed E-state index contributed by atoms with van der Waals surface area (Å²) in [5, 5.41) is 0. The minimum absolute atomic E-state index is 0.0185. The van der Waals surface area contributed by atoms with Gasteiger partial charge in [0.05, 0.1) is 21.7 Å². The molecule has 22 heavy (non-hydrogen) atoms. The van der Waals surface area contributed by atoms with E-state index >= 15 is 0 Å². The maximum Gasteiger partial charge on any atom is 0.290 e. The molecule has 0 heterocycles. The Labute approximate surface area is 131 Å². The van der Waals surface area contributed by atoms with Crippen molar-refractivity contribution in [1.29, 1.82) is 0 Å². The van der Waals surface area contributed by atoms with E-state index in [0.29, 0.717) is 10.6 Å². The SMILES string of the molecule is COc1ccc(S(=O)(=O)N=S(C)(=O)c2ccc(C)cc2)cc1. The Kier molecular flexibility index (Phi) is 4.58. The topological polar surface area (TPSA) is 72.8 Å². The number of benzene rings is 2. The number of hydrogen-bond acceptors (Lipinski definition) is 4. The summed E-state index contributed by atoms with van der Waals surface area (Å²) in [7, 11) is -5.56. The van der Waals surface area contributed by atoms with Crippen molar-refractivity contribution in [1.82, 2.24) is 0 Å². The molecule has 0 amide bonds. The average molecular weight is 339 g/mol. The first kappa shape index (κ1) is 16.5. The lowest BCUT2D eigenvalue weighted by atomic mass is 10.2. The van der Waals surface area contributed by atoms with Crippen molar-refractivity contribution in [2.24, 2.45) is 3.77 Å². The van der Waals surface area contributed by atoms with Crippen molar-refractivity contribution in [2.45, 2.75) is 16.7 Å². The van der Waals surface area contributed by atoms with Crippen LogP contribution in [0.3, 0.4) is 0 Å². The van der Waals surface area contributed by atoms with Gasteiger partial charge in [0, 0.05) is 11.2 Å². The molecular weight excluding hydrogens is 322 g/mol. The van der Waals surface area contributed by atoms with Gasteiger partial charge < -0.3 is 4.74 Å². The van der Waals surface area contributed by atoms with Crippen molar-refractivity contribution >= 4 is 19.8 Å². The molecule has 0 N–H and O–H groups in total. The third-order valence-corrected chi connectivity index (χ3v) is 6.99. The first-order valence-corrected chi connectivity index (χ1v) is 9.80. The lowest BCUT2D eigenvalue weighted by molar-refractivity contribution is 0.414. The third kappa shape index (κ3) is 3.66. The van der Waals surface area contributed by atoms with Crippen LogP contribution in [0.25, 0.3) is 0 Å². The number of sulfonamides is 1. The second-order valence-corrected chi connectivity index (χ2v) is 8.93. The van der Waals surface area contributed by atoms with Crippen molar-refractivity contribution in [3.05, 3.63) is 54.1 Å². The summed E-state index contributed by atoms with van der Waals surface area (Å²) >= 11 is 0. The molecule has 0 saturated heterocycles. The smallest absolute Gasteiger partial charge is 0.290 e. The molecule has 7 heteroatoms. The van der Waals surface area contributed by atoms with Crippen LogP contribution in [0.5, 0.6) is 5.75 Å². The first-order chi connectivity index (χ1) is 10.2. The standard InChI is InChI=1S/C15H17NO4S2/c1-12-4-8-14(9-5-12)21(3,17)16-22(18,19)15-10-6-13(20-2)7-11-15/h4-11H,1-3H3. The van der Waals surface area contributed by atoms with Crippen molar-refractivity contribution in [3.63, 3.8) is 0 Å². The van der Waals surface area contributed by atoms with Gasteiger partial charge in [-0.25, -0.2) is 4.21 Å². The van der Waals surface area contributed by atoms with Crippen molar-refractivity contribution in [2.75, 3.05) is 13.4 Å². The van der Waals surface area contributed by atoms with E-state index in [0.717, 1.165) is 5.56 Å². The molecule has 0 fully saturated rings. The number of methoxy groups -OCH3 is 1. The number of ether oxygens (including phenoxy) is 1. The van der Waals surface area contributed by atoms with E-state index in [2.05, 4.69) is 3.77 Å². The van der Waals surface area contributed by atoms with Crippen LogP contribution in [-0.2, 0) is 19.8 Å². The maximum absolute atomic E-state index is 12.6. The van der Waals surface area contributed by atoms with Gasteiger partial charge in [-0.1, -0.05) is 17.7 Å². The van der Waals surface area contributed by atoms with E-state index in [-0.39, 0.29) is 4.90 Å². The van der Waals surface area contributed by atoms with Gasteiger partial charge in [0.2, 0.25) is 0 Å². The molecule has 0 saturated carbocycles.